The number of hydrogen-bond acceptors (Lipinski definition) is 3. The van der Waals surface area contributed by atoms with Gasteiger partial charge in [-0.2, -0.15) is 0 Å². The van der Waals surface area contributed by atoms with Crippen LogP contribution in [0.25, 0.3) is 22.3 Å². The molecular weight excluding hydrogens is 288 g/mol. The summed E-state index contributed by atoms with van der Waals surface area (Å²) in [5.41, 5.74) is 1.72. The summed E-state index contributed by atoms with van der Waals surface area (Å²) in [7, 11) is 1.52. The lowest BCUT2D eigenvalue weighted by Crippen LogP contribution is -2.07. The van der Waals surface area contributed by atoms with Crippen molar-refractivity contribution in [2.24, 2.45) is 0 Å². The van der Waals surface area contributed by atoms with E-state index in [0.717, 1.165) is 5.56 Å². The van der Waals surface area contributed by atoms with E-state index in [-0.39, 0.29) is 5.43 Å². The van der Waals surface area contributed by atoms with Gasteiger partial charge >= 0.3 is 0 Å². The predicted molar refractivity (Wildman–Crippen MR) is 84.2 cm³/mol. The molecule has 0 aliphatic rings. The zero-order valence-electron chi connectivity index (χ0n) is 11.6. The highest BCUT2D eigenvalue weighted by molar-refractivity contribution is 6.31. The van der Waals surface area contributed by atoms with Crippen molar-refractivity contribution >= 4 is 22.6 Å². The Morgan fingerprint density at radius 3 is 2.52 bits per heavy atom. The fraction of sp³-hybridized carbons (Fsp3) is 0.118. The molecule has 3 aromatic rings. The molecule has 0 aliphatic heterocycles. The number of benzene rings is 2. The summed E-state index contributed by atoms with van der Waals surface area (Å²) in [6.07, 6.45) is 0. The van der Waals surface area contributed by atoms with Crippen LogP contribution in [0, 0.1) is 6.92 Å². The van der Waals surface area contributed by atoms with Crippen LogP contribution < -0.4 is 10.2 Å². The van der Waals surface area contributed by atoms with Gasteiger partial charge in [-0.25, -0.2) is 0 Å². The molecule has 0 amide bonds. The zero-order chi connectivity index (χ0) is 15.0. The molecule has 0 saturated heterocycles. The molecule has 2 aromatic carbocycles. The van der Waals surface area contributed by atoms with E-state index in [1.54, 1.807) is 19.1 Å². The first kappa shape index (κ1) is 13.7. The van der Waals surface area contributed by atoms with Crippen LogP contribution in [0.3, 0.4) is 0 Å². The highest BCUT2D eigenvalue weighted by Gasteiger charge is 2.16. The fourth-order valence-electron chi connectivity index (χ4n) is 2.34. The standard InChI is InChI=1S/C17H13ClO3/c1-10-15(19)13-8-12(18)9-14(20-2)17(13)21-16(10)11-6-4-3-5-7-11/h3-9H,1-2H3. The smallest absolute Gasteiger partial charge is 0.196 e. The third-order valence-corrected chi connectivity index (χ3v) is 3.62. The number of fused-ring (bicyclic) bond motifs is 1. The molecule has 0 fully saturated rings. The third kappa shape index (κ3) is 2.30. The predicted octanol–water partition coefficient (Wildman–Crippen LogP) is 4.43. The lowest BCUT2D eigenvalue weighted by molar-refractivity contribution is 0.410. The first-order valence-electron chi connectivity index (χ1n) is 6.48. The molecule has 0 unspecified atom stereocenters. The largest absolute Gasteiger partial charge is 0.493 e. The molecule has 3 rings (SSSR count). The lowest BCUT2D eigenvalue weighted by Gasteiger charge is -2.10. The third-order valence-electron chi connectivity index (χ3n) is 3.41. The minimum absolute atomic E-state index is 0.101. The van der Waals surface area contributed by atoms with Gasteiger partial charge in [-0.1, -0.05) is 41.9 Å². The minimum Gasteiger partial charge on any atom is -0.493 e. The Morgan fingerprint density at radius 2 is 1.86 bits per heavy atom. The quantitative estimate of drug-likeness (QED) is 0.703. The Balaban J connectivity index is 2.42. The maximum atomic E-state index is 12.6. The molecule has 3 nitrogen and oxygen atoms in total. The first-order chi connectivity index (χ1) is 10.1. The van der Waals surface area contributed by atoms with E-state index in [2.05, 4.69) is 0 Å². The molecule has 106 valence electrons. The van der Waals surface area contributed by atoms with Gasteiger partial charge in [-0.15, -0.1) is 0 Å². The summed E-state index contributed by atoms with van der Waals surface area (Å²) >= 11 is 6.02. The van der Waals surface area contributed by atoms with Gasteiger partial charge in [0.2, 0.25) is 0 Å². The second kappa shape index (κ2) is 5.26. The number of halogens is 1. The number of hydrogen-bond donors (Lipinski definition) is 0. The Morgan fingerprint density at radius 1 is 1.14 bits per heavy atom. The van der Waals surface area contributed by atoms with Crippen molar-refractivity contribution in [2.75, 3.05) is 7.11 Å². The molecule has 4 heteroatoms. The Hall–Kier alpha value is -2.26. The Labute approximate surface area is 126 Å². The molecule has 0 spiro atoms. The van der Waals surface area contributed by atoms with E-state index in [1.165, 1.54) is 7.11 Å². The summed E-state index contributed by atoms with van der Waals surface area (Å²) in [5.74, 6) is 1.00. The van der Waals surface area contributed by atoms with Gasteiger partial charge in [0.1, 0.15) is 5.76 Å². The van der Waals surface area contributed by atoms with Crippen LogP contribution in [0.4, 0.5) is 0 Å². The summed E-state index contributed by atoms with van der Waals surface area (Å²) in [5, 5.41) is 0.870. The van der Waals surface area contributed by atoms with Crippen molar-refractivity contribution in [3.8, 4) is 17.1 Å². The van der Waals surface area contributed by atoms with Gasteiger partial charge in [-0.05, 0) is 13.0 Å². The van der Waals surface area contributed by atoms with Crippen molar-refractivity contribution < 1.29 is 9.15 Å². The van der Waals surface area contributed by atoms with Crippen molar-refractivity contribution in [3.05, 3.63) is 63.3 Å². The minimum atomic E-state index is -0.101. The van der Waals surface area contributed by atoms with E-state index in [9.17, 15) is 4.79 Å². The number of rotatable bonds is 2. The molecule has 1 heterocycles. The van der Waals surface area contributed by atoms with Crippen molar-refractivity contribution in [1.82, 2.24) is 0 Å². The van der Waals surface area contributed by atoms with Gasteiger partial charge in [0, 0.05) is 22.2 Å². The van der Waals surface area contributed by atoms with Gasteiger partial charge in [-0.3, -0.25) is 4.79 Å². The van der Waals surface area contributed by atoms with E-state index >= 15 is 0 Å². The van der Waals surface area contributed by atoms with Gasteiger partial charge in [0.05, 0.1) is 12.5 Å². The van der Waals surface area contributed by atoms with Crippen LogP contribution in [-0.4, -0.2) is 7.11 Å². The van der Waals surface area contributed by atoms with Crippen molar-refractivity contribution in [2.45, 2.75) is 6.92 Å². The first-order valence-corrected chi connectivity index (χ1v) is 6.86. The van der Waals surface area contributed by atoms with Crippen LogP contribution in [-0.2, 0) is 0 Å². The van der Waals surface area contributed by atoms with Gasteiger partial charge in [0.25, 0.3) is 0 Å². The average Bonchev–Trinajstić information content (AvgIpc) is 2.51. The van der Waals surface area contributed by atoms with Crippen LogP contribution in [0.2, 0.25) is 5.02 Å². The average molecular weight is 301 g/mol. The number of methoxy groups -OCH3 is 1. The van der Waals surface area contributed by atoms with Crippen LogP contribution >= 0.6 is 11.6 Å². The molecular formula is C17H13ClO3. The van der Waals surface area contributed by atoms with E-state index in [0.29, 0.717) is 33.1 Å². The Bertz CT molecular complexity index is 867. The van der Waals surface area contributed by atoms with Gasteiger partial charge in [0.15, 0.2) is 16.8 Å². The molecule has 0 radical (unpaired) electrons. The maximum absolute atomic E-state index is 12.6. The Kier molecular flexibility index (Phi) is 3.43. The van der Waals surface area contributed by atoms with E-state index < -0.39 is 0 Å². The van der Waals surface area contributed by atoms with Crippen LogP contribution in [0.5, 0.6) is 5.75 Å². The van der Waals surface area contributed by atoms with Crippen LogP contribution in [0.15, 0.2) is 51.7 Å². The highest BCUT2D eigenvalue weighted by atomic mass is 35.5. The summed E-state index contributed by atoms with van der Waals surface area (Å²) in [6, 6.07) is 12.8. The molecule has 1 aromatic heterocycles. The highest BCUT2D eigenvalue weighted by Crippen LogP contribution is 2.32. The fourth-order valence-corrected chi connectivity index (χ4v) is 2.55. The molecule has 0 N–H and O–H groups in total. The molecule has 0 atom stereocenters. The molecule has 0 aliphatic carbocycles. The van der Waals surface area contributed by atoms with Crippen molar-refractivity contribution in [3.63, 3.8) is 0 Å². The SMILES string of the molecule is COc1cc(Cl)cc2c(=O)c(C)c(-c3ccccc3)oc12. The normalized spacial score (nSPS) is 10.8. The van der Waals surface area contributed by atoms with E-state index in [1.807, 2.05) is 30.3 Å². The maximum Gasteiger partial charge on any atom is 0.196 e. The zero-order valence-corrected chi connectivity index (χ0v) is 12.4. The second-order valence-electron chi connectivity index (χ2n) is 4.74. The van der Waals surface area contributed by atoms with Crippen LogP contribution in [0.1, 0.15) is 5.56 Å². The number of ether oxygens (including phenoxy) is 1. The monoisotopic (exact) mass is 300 g/mol. The molecule has 0 saturated carbocycles. The second-order valence-corrected chi connectivity index (χ2v) is 5.17. The summed E-state index contributed by atoms with van der Waals surface area (Å²) in [6.45, 7) is 1.75. The molecule has 21 heavy (non-hydrogen) atoms. The topological polar surface area (TPSA) is 39.4 Å². The van der Waals surface area contributed by atoms with Crippen molar-refractivity contribution in [1.29, 1.82) is 0 Å². The summed E-state index contributed by atoms with van der Waals surface area (Å²) in [4.78, 5) is 12.6. The summed E-state index contributed by atoms with van der Waals surface area (Å²) < 4.78 is 11.2. The molecule has 0 bridgehead atoms. The lowest BCUT2D eigenvalue weighted by atomic mass is 10.1. The van der Waals surface area contributed by atoms with E-state index in [4.69, 9.17) is 20.8 Å². The van der Waals surface area contributed by atoms with Gasteiger partial charge < -0.3 is 9.15 Å².